The van der Waals surface area contributed by atoms with Crippen molar-refractivity contribution in [2.45, 2.75) is 45.2 Å². The van der Waals surface area contributed by atoms with Crippen molar-refractivity contribution in [1.29, 1.82) is 0 Å². The Kier molecular flexibility index (Phi) is 5.91. The van der Waals surface area contributed by atoms with Crippen molar-refractivity contribution in [1.82, 2.24) is 19.1 Å². The summed E-state index contributed by atoms with van der Waals surface area (Å²) >= 11 is 0. The molecule has 1 fully saturated rings. The summed E-state index contributed by atoms with van der Waals surface area (Å²) in [7, 11) is 0. The average molecular weight is 441 g/mol. The number of rotatable bonds is 6. The Morgan fingerprint density at radius 1 is 1.22 bits per heavy atom. The zero-order chi connectivity index (χ0) is 22.8. The summed E-state index contributed by atoms with van der Waals surface area (Å²) in [5.41, 5.74) is 7.00. The molecule has 3 aromatic rings. The first kappa shape index (κ1) is 21.5. The lowest BCUT2D eigenvalue weighted by atomic mass is 10.2. The van der Waals surface area contributed by atoms with Crippen molar-refractivity contribution >= 4 is 29.1 Å². The van der Waals surface area contributed by atoms with Gasteiger partial charge in [-0.15, -0.1) is 0 Å². The van der Waals surface area contributed by atoms with Crippen LogP contribution in [0.2, 0.25) is 0 Å². The first-order chi connectivity index (χ1) is 15.3. The minimum absolute atomic E-state index is 0.0124. The van der Waals surface area contributed by atoms with E-state index in [4.69, 9.17) is 19.9 Å². The standard InChI is InChI=1S/C21H23N5O6/c1-12(27)30-11-15-8-17(31-13(2)28)19(32-15)26-18-16(9-23-20(22)24-18)25(21(26)29)10-14-6-4-3-5-7-14/h3-7,9,15,17,19H,8,10-11H2,1-2H3,(H2,22,23,24)/t15-,17+,19+/m0/s1. The van der Waals surface area contributed by atoms with Gasteiger partial charge < -0.3 is 19.9 Å². The molecule has 0 spiro atoms. The number of fused-ring (bicyclic) bond motifs is 1. The van der Waals surface area contributed by atoms with Gasteiger partial charge >= 0.3 is 17.6 Å². The molecule has 2 aromatic heterocycles. The van der Waals surface area contributed by atoms with E-state index in [-0.39, 0.29) is 31.2 Å². The fourth-order valence-electron chi connectivity index (χ4n) is 3.80. The third kappa shape index (κ3) is 4.33. The molecule has 4 rings (SSSR count). The quantitative estimate of drug-likeness (QED) is 0.555. The van der Waals surface area contributed by atoms with Crippen LogP contribution < -0.4 is 11.4 Å². The highest BCUT2D eigenvalue weighted by Gasteiger charge is 2.41. The molecule has 168 valence electrons. The van der Waals surface area contributed by atoms with Crippen molar-refractivity contribution in [2.75, 3.05) is 12.3 Å². The van der Waals surface area contributed by atoms with E-state index < -0.39 is 36.1 Å². The maximum Gasteiger partial charge on any atom is 0.332 e. The highest BCUT2D eigenvalue weighted by atomic mass is 16.6. The molecule has 3 heterocycles. The van der Waals surface area contributed by atoms with E-state index in [2.05, 4.69) is 9.97 Å². The Balaban J connectivity index is 1.78. The fraction of sp³-hybridized carbons (Fsp3) is 0.381. The second kappa shape index (κ2) is 8.79. The number of nitrogens with zero attached hydrogens (tertiary/aromatic N) is 4. The molecule has 2 N–H and O–H groups in total. The number of nitrogen functional groups attached to an aromatic ring is 1. The molecule has 11 heteroatoms. The summed E-state index contributed by atoms with van der Waals surface area (Å²) in [6.45, 7) is 2.81. The molecule has 0 radical (unpaired) electrons. The molecule has 0 aliphatic carbocycles. The van der Waals surface area contributed by atoms with E-state index in [1.165, 1.54) is 29.2 Å². The summed E-state index contributed by atoms with van der Waals surface area (Å²) in [6, 6.07) is 9.45. The number of nitrogens with two attached hydrogens (primary N) is 1. The summed E-state index contributed by atoms with van der Waals surface area (Å²) in [5.74, 6) is -0.994. The van der Waals surface area contributed by atoms with Crippen LogP contribution in [0.4, 0.5) is 5.95 Å². The summed E-state index contributed by atoms with van der Waals surface area (Å²) in [6.07, 6.45) is -0.592. The lowest BCUT2D eigenvalue weighted by molar-refractivity contribution is -0.153. The van der Waals surface area contributed by atoms with Crippen LogP contribution in [0.5, 0.6) is 0 Å². The van der Waals surface area contributed by atoms with Gasteiger partial charge in [0.2, 0.25) is 5.95 Å². The molecule has 0 amide bonds. The van der Waals surface area contributed by atoms with Crippen LogP contribution in [-0.2, 0) is 30.3 Å². The SMILES string of the molecule is CC(=O)OC[C@@H]1C[C@@H](OC(C)=O)[C@H](n2c(=O)n(Cc3ccccc3)c3cnc(N)nc32)O1. The predicted octanol–water partition coefficient (Wildman–Crippen LogP) is 1.01. The molecular formula is C21H23N5O6. The molecule has 1 aliphatic heterocycles. The van der Waals surface area contributed by atoms with Gasteiger partial charge in [-0.2, -0.15) is 4.98 Å². The number of hydrogen-bond donors (Lipinski definition) is 1. The lowest BCUT2D eigenvalue weighted by Crippen LogP contribution is -2.34. The summed E-state index contributed by atoms with van der Waals surface area (Å²) in [4.78, 5) is 44.7. The van der Waals surface area contributed by atoms with E-state index in [9.17, 15) is 14.4 Å². The number of imidazole rings is 1. The monoisotopic (exact) mass is 441 g/mol. The summed E-state index contributed by atoms with van der Waals surface area (Å²) < 4.78 is 19.3. The van der Waals surface area contributed by atoms with E-state index >= 15 is 0 Å². The first-order valence-electron chi connectivity index (χ1n) is 10.1. The molecule has 0 saturated carbocycles. The third-order valence-electron chi connectivity index (χ3n) is 5.10. The topological polar surface area (TPSA) is 141 Å². The van der Waals surface area contributed by atoms with Gasteiger partial charge in [0.05, 0.1) is 18.8 Å². The van der Waals surface area contributed by atoms with Gasteiger partial charge in [0.15, 0.2) is 11.9 Å². The smallest absolute Gasteiger partial charge is 0.332 e. The molecule has 1 aromatic carbocycles. The van der Waals surface area contributed by atoms with Crippen LogP contribution in [0.3, 0.4) is 0 Å². The Morgan fingerprint density at radius 3 is 2.66 bits per heavy atom. The van der Waals surface area contributed by atoms with Crippen molar-refractivity contribution in [3.8, 4) is 0 Å². The normalized spacial score (nSPS) is 20.4. The maximum atomic E-state index is 13.5. The Labute approximate surface area is 182 Å². The van der Waals surface area contributed by atoms with E-state index in [0.29, 0.717) is 5.52 Å². The molecule has 1 aliphatic rings. The molecule has 1 saturated heterocycles. The highest BCUT2D eigenvalue weighted by Crippen LogP contribution is 2.33. The number of carbonyl (C=O) groups is 2. The zero-order valence-corrected chi connectivity index (χ0v) is 17.6. The number of ether oxygens (including phenoxy) is 3. The van der Waals surface area contributed by atoms with E-state index in [1.807, 2.05) is 30.3 Å². The minimum atomic E-state index is -0.971. The Bertz CT molecular complexity index is 1200. The van der Waals surface area contributed by atoms with Crippen molar-refractivity contribution in [3.63, 3.8) is 0 Å². The molecule has 0 bridgehead atoms. The number of benzene rings is 1. The number of aromatic nitrogens is 4. The second-order valence-corrected chi connectivity index (χ2v) is 7.50. The van der Waals surface area contributed by atoms with Crippen LogP contribution in [-0.4, -0.2) is 49.9 Å². The van der Waals surface area contributed by atoms with Gasteiger partial charge in [-0.05, 0) is 5.56 Å². The van der Waals surface area contributed by atoms with Gasteiger partial charge in [-0.25, -0.2) is 14.3 Å². The van der Waals surface area contributed by atoms with E-state index in [0.717, 1.165) is 5.56 Å². The minimum Gasteiger partial charge on any atom is -0.463 e. The van der Waals surface area contributed by atoms with Gasteiger partial charge in [0, 0.05) is 20.3 Å². The Hall–Kier alpha value is -3.73. The highest BCUT2D eigenvalue weighted by molar-refractivity contribution is 5.72. The van der Waals surface area contributed by atoms with Crippen LogP contribution in [0, 0.1) is 0 Å². The van der Waals surface area contributed by atoms with Gasteiger partial charge in [-0.1, -0.05) is 30.3 Å². The van der Waals surface area contributed by atoms with Crippen LogP contribution in [0.25, 0.3) is 11.2 Å². The van der Waals surface area contributed by atoms with Crippen LogP contribution in [0.15, 0.2) is 41.3 Å². The number of anilines is 1. The predicted molar refractivity (Wildman–Crippen MR) is 112 cm³/mol. The number of esters is 2. The van der Waals surface area contributed by atoms with Gasteiger partial charge in [0.1, 0.15) is 18.2 Å². The maximum absolute atomic E-state index is 13.5. The van der Waals surface area contributed by atoms with Crippen molar-refractivity contribution in [2.24, 2.45) is 0 Å². The first-order valence-corrected chi connectivity index (χ1v) is 10.1. The molecular weight excluding hydrogens is 418 g/mol. The van der Waals surface area contributed by atoms with Crippen LogP contribution >= 0.6 is 0 Å². The summed E-state index contributed by atoms with van der Waals surface area (Å²) in [5, 5.41) is 0. The van der Waals surface area contributed by atoms with Crippen LogP contribution in [0.1, 0.15) is 32.1 Å². The average Bonchev–Trinajstić information content (AvgIpc) is 3.24. The molecule has 11 nitrogen and oxygen atoms in total. The number of hydrogen-bond acceptors (Lipinski definition) is 9. The number of carbonyl (C=O) groups excluding carboxylic acids is 2. The van der Waals surface area contributed by atoms with Gasteiger partial charge in [-0.3, -0.25) is 14.2 Å². The van der Waals surface area contributed by atoms with Gasteiger partial charge in [0.25, 0.3) is 0 Å². The largest absolute Gasteiger partial charge is 0.463 e. The third-order valence-corrected chi connectivity index (χ3v) is 5.10. The fourth-order valence-corrected chi connectivity index (χ4v) is 3.80. The molecule has 0 unspecified atom stereocenters. The molecule has 3 atom stereocenters. The van der Waals surface area contributed by atoms with Crippen molar-refractivity contribution < 1.29 is 23.8 Å². The second-order valence-electron chi connectivity index (χ2n) is 7.50. The van der Waals surface area contributed by atoms with Crippen molar-refractivity contribution in [3.05, 3.63) is 52.6 Å². The molecule has 32 heavy (non-hydrogen) atoms. The zero-order valence-electron chi connectivity index (χ0n) is 17.6. The lowest BCUT2D eigenvalue weighted by Gasteiger charge is -2.19. The Morgan fingerprint density at radius 2 is 1.97 bits per heavy atom. The van der Waals surface area contributed by atoms with E-state index in [1.54, 1.807) is 0 Å².